The van der Waals surface area contributed by atoms with E-state index in [1.54, 1.807) is 0 Å². The summed E-state index contributed by atoms with van der Waals surface area (Å²) in [4.78, 5) is 0. The van der Waals surface area contributed by atoms with Gasteiger partial charge in [-0.3, -0.25) is 0 Å². The second-order valence-electron chi connectivity index (χ2n) is 4.43. The van der Waals surface area contributed by atoms with Gasteiger partial charge in [-0.2, -0.15) is 0 Å². The van der Waals surface area contributed by atoms with Gasteiger partial charge in [-0.25, -0.2) is 0 Å². The van der Waals surface area contributed by atoms with Crippen LogP contribution in [0.3, 0.4) is 0 Å². The highest BCUT2D eigenvalue weighted by molar-refractivity contribution is 5.13. The number of ether oxygens (including phenoxy) is 1. The second-order valence-corrected chi connectivity index (χ2v) is 4.43. The summed E-state index contributed by atoms with van der Waals surface area (Å²) in [6, 6.07) is 10.4. The van der Waals surface area contributed by atoms with Crippen LogP contribution in [0.1, 0.15) is 38.7 Å². The fourth-order valence-corrected chi connectivity index (χ4v) is 1.52. The van der Waals surface area contributed by atoms with Gasteiger partial charge in [0.2, 0.25) is 0 Å². The first-order chi connectivity index (χ1) is 7.29. The third-order valence-corrected chi connectivity index (χ3v) is 2.43. The van der Waals surface area contributed by atoms with Crippen LogP contribution >= 0.6 is 0 Å². The van der Waals surface area contributed by atoms with E-state index in [1.807, 2.05) is 6.07 Å². The third-order valence-electron chi connectivity index (χ3n) is 2.43. The third kappa shape index (κ3) is 6.29. The summed E-state index contributed by atoms with van der Waals surface area (Å²) in [6.07, 6.45) is 3.78. The number of rotatable bonds is 7. The van der Waals surface area contributed by atoms with Crippen LogP contribution in [0, 0.1) is 5.92 Å². The Kier molecular flexibility index (Phi) is 6.10. The Morgan fingerprint density at radius 2 is 1.80 bits per heavy atom. The molecule has 0 saturated carbocycles. The van der Waals surface area contributed by atoms with Gasteiger partial charge in [0, 0.05) is 6.61 Å². The zero-order valence-electron chi connectivity index (χ0n) is 9.91. The van der Waals surface area contributed by atoms with Crippen molar-refractivity contribution in [2.24, 2.45) is 5.92 Å². The van der Waals surface area contributed by atoms with E-state index in [0.717, 1.165) is 19.1 Å². The van der Waals surface area contributed by atoms with Crippen molar-refractivity contribution in [2.75, 3.05) is 6.61 Å². The normalized spacial score (nSPS) is 10.9. The molecule has 1 nitrogen and oxygen atoms in total. The summed E-state index contributed by atoms with van der Waals surface area (Å²) in [5.41, 5.74) is 1.27. The quantitative estimate of drug-likeness (QED) is 0.612. The van der Waals surface area contributed by atoms with Gasteiger partial charge in [-0.15, -0.1) is 0 Å². The number of hydrogen-bond donors (Lipinski definition) is 0. The van der Waals surface area contributed by atoms with Crippen LogP contribution in [-0.2, 0) is 11.3 Å². The summed E-state index contributed by atoms with van der Waals surface area (Å²) < 4.78 is 5.60. The molecule has 0 spiro atoms. The van der Waals surface area contributed by atoms with Gasteiger partial charge in [0.1, 0.15) is 0 Å². The molecule has 0 aliphatic heterocycles. The molecule has 0 saturated heterocycles. The number of benzene rings is 1. The van der Waals surface area contributed by atoms with Crippen LogP contribution in [-0.4, -0.2) is 6.61 Å². The molecular formula is C14H22O. The van der Waals surface area contributed by atoms with Gasteiger partial charge < -0.3 is 4.74 Å². The van der Waals surface area contributed by atoms with Crippen molar-refractivity contribution in [1.82, 2.24) is 0 Å². The van der Waals surface area contributed by atoms with Crippen LogP contribution in [0.15, 0.2) is 30.3 Å². The molecule has 0 bridgehead atoms. The largest absolute Gasteiger partial charge is 0.377 e. The topological polar surface area (TPSA) is 9.23 Å². The standard InChI is InChI=1S/C14H22O/c1-13(2)8-6-7-11-15-12-14-9-4-3-5-10-14/h3-5,9-10,13H,6-8,11-12H2,1-2H3. The molecule has 0 heterocycles. The van der Waals surface area contributed by atoms with E-state index in [4.69, 9.17) is 4.74 Å². The molecule has 15 heavy (non-hydrogen) atoms. The zero-order chi connectivity index (χ0) is 10.9. The van der Waals surface area contributed by atoms with Crippen molar-refractivity contribution < 1.29 is 4.74 Å². The predicted molar refractivity (Wildman–Crippen MR) is 64.8 cm³/mol. The molecule has 1 aromatic carbocycles. The first-order valence-corrected chi connectivity index (χ1v) is 5.90. The monoisotopic (exact) mass is 206 g/mol. The number of hydrogen-bond acceptors (Lipinski definition) is 1. The summed E-state index contributed by atoms with van der Waals surface area (Å²) >= 11 is 0. The lowest BCUT2D eigenvalue weighted by Gasteiger charge is -2.05. The molecule has 0 amide bonds. The van der Waals surface area contributed by atoms with Crippen LogP contribution in [0.5, 0.6) is 0 Å². The van der Waals surface area contributed by atoms with Crippen LogP contribution in [0.25, 0.3) is 0 Å². The van der Waals surface area contributed by atoms with E-state index < -0.39 is 0 Å². The lowest BCUT2D eigenvalue weighted by Crippen LogP contribution is -1.96. The van der Waals surface area contributed by atoms with E-state index in [-0.39, 0.29) is 0 Å². The van der Waals surface area contributed by atoms with E-state index in [0.29, 0.717) is 0 Å². The molecule has 0 fully saturated rings. The number of unbranched alkanes of at least 4 members (excludes halogenated alkanes) is 1. The van der Waals surface area contributed by atoms with E-state index in [2.05, 4.69) is 38.1 Å². The molecule has 0 unspecified atom stereocenters. The highest BCUT2D eigenvalue weighted by atomic mass is 16.5. The molecule has 84 valence electrons. The Labute approximate surface area is 93.5 Å². The average molecular weight is 206 g/mol. The lowest BCUT2D eigenvalue weighted by molar-refractivity contribution is 0.116. The van der Waals surface area contributed by atoms with Crippen molar-refractivity contribution in [3.8, 4) is 0 Å². The fraction of sp³-hybridized carbons (Fsp3) is 0.571. The first-order valence-electron chi connectivity index (χ1n) is 5.90. The highest BCUT2D eigenvalue weighted by Gasteiger charge is 1.95. The summed E-state index contributed by atoms with van der Waals surface area (Å²) in [6.45, 7) is 6.18. The van der Waals surface area contributed by atoms with Crippen molar-refractivity contribution in [2.45, 2.75) is 39.7 Å². The van der Waals surface area contributed by atoms with E-state index in [9.17, 15) is 0 Å². The maximum absolute atomic E-state index is 5.60. The van der Waals surface area contributed by atoms with Crippen molar-refractivity contribution in [1.29, 1.82) is 0 Å². The van der Waals surface area contributed by atoms with Gasteiger partial charge in [0.25, 0.3) is 0 Å². The van der Waals surface area contributed by atoms with Crippen LogP contribution in [0.2, 0.25) is 0 Å². The highest BCUT2D eigenvalue weighted by Crippen LogP contribution is 2.07. The second kappa shape index (κ2) is 7.47. The molecule has 0 radical (unpaired) electrons. The fourth-order valence-electron chi connectivity index (χ4n) is 1.52. The minimum absolute atomic E-state index is 0.752. The predicted octanol–water partition coefficient (Wildman–Crippen LogP) is 4.03. The van der Waals surface area contributed by atoms with Crippen LogP contribution in [0.4, 0.5) is 0 Å². The molecule has 0 aromatic heterocycles. The van der Waals surface area contributed by atoms with Crippen molar-refractivity contribution in [3.63, 3.8) is 0 Å². The average Bonchev–Trinajstić information content (AvgIpc) is 2.24. The van der Waals surface area contributed by atoms with Gasteiger partial charge in [0.05, 0.1) is 6.61 Å². The maximum atomic E-state index is 5.60. The minimum atomic E-state index is 0.752. The van der Waals surface area contributed by atoms with Gasteiger partial charge in [-0.1, -0.05) is 57.0 Å². The molecular weight excluding hydrogens is 184 g/mol. The molecule has 0 atom stereocenters. The molecule has 0 N–H and O–H groups in total. The van der Waals surface area contributed by atoms with Crippen molar-refractivity contribution in [3.05, 3.63) is 35.9 Å². The van der Waals surface area contributed by atoms with Crippen LogP contribution < -0.4 is 0 Å². The summed E-state index contributed by atoms with van der Waals surface area (Å²) in [5, 5.41) is 0. The van der Waals surface area contributed by atoms with Gasteiger partial charge in [0.15, 0.2) is 0 Å². The SMILES string of the molecule is CC(C)CCCCOCc1ccccc1. The smallest absolute Gasteiger partial charge is 0.0716 e. The maximum Gasteiger partial charge on any atom is 0.0716 e. The van der Waals surface area contributed by atoms with Gasteiger partial charge in [-0.05, 0) is 17.9 Å². The van der Waals surface area contributed by atoms with E-state index in [1.165, 1.54) is 24.8 Å². The Bertz CT molecular complexity index is 241. The Morgan fingerprint density at radius 1 is 1.07 bits per heavy atom. The minimum Gasteiger partial charge on any atom is -0.377 e. The summed E-state index contributed by atoms with van der Waals surface area (Å²) in [7, 11) is 0. The van der Waals surface area contributed by atoms with Gasteiger partial charge >= 0.3 is 0 Å². The summed E-state index contributed by atoms with van der Waals surface area (Å²) in [5.74, 6) is 0.819. The molecule has 1 aromatic rings. The zero-order valence-corrected chi connectivity index (χ0v) is 9.91. The van der Waals surface area contributed by atoms with E-state index >= 15 is 0 Å². The Hall–Kier alpha value is -0.820. The molecule has 0 aliphatic rings. The molecule has 1 rings (SSSR count). The Balaban J connectivity index is 1.98. The molecule has 1 heteroatoms. The lowest BCUT2D eigenvalue weighted by atomic mass is 10.1. The Morgan fingerprint density at radius 3 is 2.47 bits per heavy atom. The first kappa shape index (κ1) is 12.3. The van der Waals surface area contributed by atoms with Crippen molar-refractivity contribution >= 4 is 0 Å². The molecule has 0 aliphatic carbocycles.